The molecule has 0 atom stereocenters. The Labute approximate surface area is 136 Å². The number of nitrogens with zero attached hydrogens (tertiary/aromatic N) is 1. The molecule has 1 heterocycles. The zero-order valence-corrected chi connectivity index (χ0v) is 14.4. The van der Waals surface area contributed by atoms with Crippen LogP contribution in [0.5, 0.6) is 5.75 Å². The summed E-state index contributed by atoms with van der Waals surface area (Å²) in [5.41, 5.74) is 1.95. The summed E-state index contributed by atoms with van der Waals surface area (Å²) in [5, 5.41) is 1.89. The Balaban J connectivity index is 1.81. The molecular formula is C15H16INO2S. The fraction of sp³-hybridized carbons (Fsp3) is 0.267. The number of amides is 1. The molecule has 0 radical (unpaired) electrons. The highest BCUT2D eigenvalue weighted by molar-refractivity contribution is 14.1. The molecule has 1 amide bonds. The largest absolute Gasteiger partial charge is 0.492 e. The summed E-state index contributed by atoms with van der Waals surface area (Å²) in [7, 11) is 1.80. The van der Waals surface area contributed by atoms with Gasteiger partial charge in [-0.3, -0.25) is 4.79 Å². The number of benzene rings is 1. The molecule has 0 aliphatic heterocycles. The first kappa shape index (κ1) is 15.3. The van der Waals surface area contributed by atoms with Crippen molar-refractivity contribution in [3.05, 3.63) is 49.7 Å². The van der Waals surface area contributed by atoms with Crippen LogP contribution in [0.25, 0.3) is 0 Å². The van der Waals surface area contributed by atoms with E-state index in [1.54, 1.807) is 23.3 Å². The normalized spacial score (nSPS) is 10.3. The lowest BCUT2D eigenvalue weighted by Crippen LogP contribution is -2.30. The number of carbonyl (C=O) groups is 1. The van der Waals surface area contributed by atoms with Gasteiger partial charge in [-0.15, -0.1) is 11.3 Å². The number of hydrogen-bond acceptors (Lipinski definition) is 3. The average molecular weight is 401 g/mol. The second kappa shape index (κ2) is 7.08. The molecule has 20 heavy (non-hydrogen) atoms. The van der Waals surface area contributed by atoms with Gasteiger partial charge in [-0.2, -0.15) is 0 Å². The van der Waals surface area contributed by atoms with Crippen molar-refractivity contribution in [2.75, 3.05) is 20.2 Å². The quantitative estimate of drug-likeness (QED) is 0.714. The Morgan fingerprint density at radius 2 is 2.05 bits per heavy atom. The highest BCUT2D eigenvalue weighted by Crippen LogP contribution is 2.17. The number of likely N-dealkylation sites (N-methyl/N-ethyl adjacent to an activating group) is 1. The van der Waals surface area contributed by atoms with Gasteiger partial charge in [0.05, 0.1) is 15.0 Å². The number of thiophene rings is 1. The van der Waals surface area contributed by atoms with E-state index in [1.807, 2.05) is 42.6 Å². The molecule has 1 aromatic heterocycles. The Morgan fingerprint density at radius 1 is 1.35 bits per heavy atom. The first-order chi connectivity index (χ1) is 9.56. The Kier molecular flexibility index (Phi) is 5.42. The predicted octanol–water partition coefficient (Wildman–Crippen LogP) is 3.81. The average Bonchev–Trinajstić information content (AvgIpc) is 2.86. The van der Waals surface area contributed by atoms with Crippen molar-refractivity contribution in [3.63, 3.8) is 0 Å². The van der Waals surface area contributed by atoms with Crippen LogP contribution in [0.4, 0.5) is 0 Å². The summed E-state index contributed by atoms with van der Waals surface area (Å²) < 4.78 is 6.75. The van der Waals surface area contributed by atoms with E-state index in [4.69, 9.17) is 4.74 Å². The molecule has 0 aliphatic carbocycles. The lowest BCUT2D eigenvalue weighted by atomic mass is 10.2. The van der Waals surface area contributed by atoms with Crippen molar-refractivity contribution < 1.29 is 9.53 Å². The van der Waals surface area contributed by atoms with Crippen molar-refractivity contribution in [3.8, 4) is 5.75 Å². The van der Waals surface area contributed by atoms with Crippen molar-refractivity contribution in [2.24, 2.45) is 0 Å². The van der Waals surface area contributed by atoms with Crippen molar-refractivity contribution in [2.45, 2.75) is 6.92 Å². The van der Waals surface area contributed by atoms with Gasteiger partial charge in [-0.25, -0.2) is 0 Å². The standard InChI is InChI=1S/C15H16INO2S/c1-11-3-5-13(6-4-11)19-8-7-17(2)15(18)12-9-14(16)20-10-12/h3-6,9-10H,7-8H2,1-2H3. The molecule has 0 bridgehead atoms. The van der Waals surface area contributed by atoms with Crippen LogP contribution in [0.1, 0.15) is 15.9 Å². The molecule has 106 valence electrons. The minimum Gasteiger partial charge on any atom is -0.492 e. The molecule has 0 aliphatic rings. The Bertz CT molecular complexity index is 580. The highest BCUT2D eigenvalue weighted by atomic mass is 127. The van der Waals surface area contributed by atoms with Gasteiger partial charge in [-0.05, 0) is 47.7 Å². The van der Waals surface area contributed by atoms with Gasteiger partial charge < -0.3 is 9.64 Å². The molecule has 0 spiro atoms. The van der Waals surface area contributed by atoms with Crippen molar-refractivity contribution in [1.82, 2.24) is 4.90 Å². The molecule has 0 fully saturated rings. The van der Waals surface area contributed by atoms with Gasteiger partial charge in [0.2, 0.25) is 0 Å². The smallest absolute Gasteiger partial charge is 0.254 e. The third kappa shape index (κ3) is 4.21. The third-order valence-electron chi connectivity index (χ3n) is 2.88. The Hall–Kier alpha value is -1.08. The van der Waals surface area contributed by atoms with E-state index in [0.717, 1.165) is 14.2 Å². The summed E-state index contributed by atoms with van der Waals surface area (Å²) in [4.78, 5) is 13.8. The van der Waals surface area contributed by atoms with E-state index >= 15 is 0 Å². The molecular weight excluding hydrogens is 385 g/mol. The van der Waals surface area contributed by atoms with E-state index in [9.17, 15) is 4.79 Å². The zero-order chi connectivity index (χ0) is 14.5. The lowest BCUT2D eigenvalue weighted by molar-refractivity contribution is 0.0774. The van der Waals surface area contributed by atoms with Gasteiger partial charge >= 0.3 is 0 Å². The first-order valence-electron chi connectivity index (χ1n) is 6.25. The lowest BCUT2D eigenvalue weighted by Gasteiger charge is -2.16. The summed E-state index contributed by atoms with van der Waals surface area (Å²) in [6.45, 7) is 3.10. The van der Waals surface area contributed by atoms with Crippen LogP contribution in [0.2, 0.25) is 0 Å². The fourth-order valence-corrected chi connectivity index (χ4v) is 3.00. The maximum atomic E-state index is 12.1. The molecule has 0 saturated heterocycles. The van der Waals surface area contributed by atoms with E-state index in [0.29, 0.717) is 13.2 Å². The first-order valence-corrected chi connectivity index (χ1v) is 8.21. The predicted molar refractivity (Wildman–Crippen MR) is 90.7 cm³/mol. The van der Waals surface area contributed by atoms with Crippen LogP contribution in [0.3, 0.4) is 0 Å². The van der Waals surface area contributed by atoms with Crippen molar-refractivity contribution >= 4 is 39.8 Å². The van der Waals surface area contributed by atoms with E-state index in [-0.39, 0.29) is 5.91 Å². The van der Waals surface area contributed by atoms with Crippen LogP contribution >= 0.6 is 33.9 Å². The monoisotopic (exact) mass is 401 g/mol. The second-order valence-corrected chi connectivity index (χ2v) is 7.33. The molecule has 1 aromatic carbocycles. The summed E-state index contributed by atoms with van der Waals surface area (Å²) in [6, 6.07) is 9.82. The molecule has 0 N–H and O–H groups in total. The van der Waals surface area contributed by atoms with Crippen molar-refractivity contribution in [1.29, 1.82) is 0 Å². The number of carbonyl (C=O) groups excluding carboxylic acids is 1. The zero-order valence-electron chi connectivity index (χ0n) is 11.4. The van der Waals surface area contributed by atoms with Gasteiger partial charge in [0.1, 0.15) is 12.4 Å². The second-order valence-electron chi connectivity index (χ2n) is 4.53. The topological polar surface area (TPSA) is 29.5 Å². The van der Waals surface area contributed by atoms with Crippen LogP contribution in [0.15, 0.2) is 35.7 Å². The van der Waals surface area contributed by atoms with E-state index < -0.39 is 0 Å². The molecule has 5 heteroatoms. The number of rotatable bonds is 5. The van der Waals surface area contributed by atoms with Crippen LogP contribution in [-0.4, -0.2) is 31.0 Å². The van der Waals surface area contributed by atoms with Crippen LogP contribution in [0, 0.1) is 9.81 Å². The fourth-order valence-electron chi connectivity index (χ4n) is 1.68. The molecule has 2 aromatic rings. The maximum absolute atomic E-state index is 12.1. The highest BCUT2D eigenvalue weighted by Gasteiger charge is 2.13. The molecule has 0 saturated carbocycles. The van der Waals surface area contributed by atoms with Gasteiger partial charge in [0.25, 0.3) is 5.91 Å². The molecule has 2 rings (SSSR count). The minimum atomic E-state index is 0.0386. The number of halogens is 1. The minimum absolute atomic E-state index is 0.0386. The number of ether oxygens (including phenoxy) is 1. The van der Waals surface area contributed by atoms with Gasteiger partial charge in [-0.1, -0.05) is 17.7 Å². The molecule has 0 unspecified atom stereocenters. The van der Waals surface area contributed by atoms with E-state index in [2.05, 4.69) is 22.6 Å². The molecule has 3 nitrogen and oxygen atoms in total. The summed E-state index contributed by atoms with van der Waals surface area (Å²) >= 11 is 3.80. The Morgan fingerprint density at radius 3 is 2.65 bits per heavy atom. The van der Waals surface area contributed by atoms with Gasteiger partial charge in [0, 0.05) is 12.4 Å². The maximum Gasteiger partial charge on any atom is 0.254 e. The van der Waals surface area contributed by atoms with Crippen LogP contribution < -0.4 is 4.74 Å². The number of hydrogen-bond donors (Lipinski definition) is 0. The SMILES string of the molecule is Cc1ccc(OCCN(C)C(=O)c2csc(I)c2)cc1. The van der Waals surface area contributed by atoms with Gasteiger partial charge in [0.15, 0.2) is 0 Å². The summed E-state index contributed by atoms with van der Waals surface area (Å²) in [6.07, 6.45) is 0. The third-order valence-corrected chi connectivity index (χ3v) is 4.67. The van der Waals surface area contributed by atoms with Crippen LogP contribution in [-0.2, 0) is 0 Å². The number of aryl methyl sites for hydroxylation is 1. The summed E-state index contributed by atoms with van der Waals surface area (Å²) in [5.74, 6) is 0.873. The van der Waals surface area contributed by atoms with E-state index in [1.165, 1.54) is 5.56 Å².